The molecule has 52 heavy (non-hydrogen) atoms. The van der Waals surface area contributed by atoms with Gasteiger partial charge in [0, 0.05) is 57.0 Å². The van der Waals surface area contributed by atoms with Crippen LogP contribution in [0.1, 0.15) is 76.3 Å². The van der Waals surface area contributed by atoms with Crippen LogP contribution in [-0.2, 0) is 22.5 Å². The number of hydrogen-bond donors (Lipinski definition) is 2. The highest BCUT2D eigenvalue weighted by molar-refractivity contribution is 7.09. The predicted octanol–water partition coefficient (Wildman–Crippen LogP) is 8.27. The Labute approximate surface area is 306 Å². The first-order chi connectivity index (χ1) is 25.4. The number of ether oxygens (including phenoxy) is 4. The number of aromatic amines is 1. The number of rotatable bonds is 10. The standard InChI is InChI=1S/C41H42N4O6S/c1-24-43-35(23-52-24)34(17-27-21-42-33-14-11-29(19-32(27)33)51-22-38(46)49-3)44-41(47)26-9-12-30-36(18-26)45-15-16-50-37-20-28(48-2)10-13-31(37)40(45)39(30)25-7-5-4-6-8-25/h9-14,18-21,23,25,34,42H,4-8,15-17,22H2,1-3H3,(H,44,47)/t34-/m0/s1. The van der Waals surface area contributed by atoms with Crippen LogP contribution in [0.3, 0.4) is 0 Å². The number of fused-ring (bicyclic) bond motifs is 6. The van der Waals surface area contributed by atoms with Gasteiger partial charge in [-0.2, -0.15) is 0 Å². The molecule has 0 unspecified atom stereocenters. The molecule has 0 bridgehead atoms. The number of carbonyl (C=O) groups is 2. The molecule has 2 N–H and O–H groups in total. The lowest BCUT2D eigenvalue weighted by molar-refractivity contribution is -0.142. The van der Waals surface area contributed by atoms with E-state index >= 15 is 0 Å². The van der Waals surface area contributed by atoms with Crippen molar-refractivity contribution in [2.75, 3.05) is 27.4 Å². The third-order valence-electron chi connectivity index (χ3n) is 10.4. The smallest absolute Gasteiger partial charge is 0.343 e. The van der Waals surface area contributed by atoms with Crippen LogP contribution in [0.4, 0.5) is 0 Å². The van der Waals surface area contributed by atoms with Crippen LogP contribution in [0, 0.1) is 6.92 Å². The van der Waals surface area contributed by atoms with Gasteiger partial charge in [0.05, 0.1) is 43.2 Å². The van der Waals surface area contributed by atoms with Crippen molar-refractivity contribution in [1.82, 2.24) is 19.9 Å². The number of benzene rings is 3. The summed E-state index contributed by atoms with van der Waals surface area (Å²) in [5.74, 6) is 1.99. The van der Waals surface area contributed by atoms with Gasteiger partial charge in [-0.15, -0.1) is 11.3 Å². The second-order valence-corrected chi connectivity index (χ2v) is 14.7. The van der Waals surface area contributed by atoms with Crippen LogP contribution < -0.4 is 19.5 Å². The zero-order chi connectivity index (χ0) is 35.8. The molecule has 6 aromatic rings. The van der Waals surface area contributed by atoms with Crippen molar-refractivity contribution in [3.05, 3.63) is 93.6 Å². The number of H-pyrrole nitrogens is 1. The van der Waals surface area contributed by atoms with E-state index in [0.29, 0.717) is 36.8 Å². The Morgan fingerprint density at radius 3 is 2.67 bits per heavy atom. The molecule has 1 aliphatic carbocycles. The Morgan fingerprint density at radius 1 is 1.04 bits per heavy atom. The van der Waals surface area contributed by atoms with Crippen LogP contribution >= 0.6 is 11.3 Å². The van der Waals surface area contributed by atoms with Crippen molar-refractivity contribution in [2.24, 2.45) is 0 Å². The molecule has 10 nitrogen and oxygen atoms in total. The number of thiazole rings is 1. The largest absolute Gasteiger partial charge is 0.497 e. The van der Waals surface area contributed by atoms with Gasteiger partial charge in [-0.1, -0.05) is 25.3 Å². The predicted molar refractivity (Wildman–Crippen MR) is 202 cm³/mol. The Hall–Kier alpha value is -5.29. The molecule has 1 saturated carbocycles. The average molecular weight is 719 g/mol. The molecule has 0 radical (unpaired) electrons. The monoisotopic (exact) mass is 718 g/mol. The van der Waals surface area contributed by atoms with E-state index in [1.165, 1.54) is 43.0 Å². The van der Waals surface area contributed by atoms with Crippen molar-refractivity contribution in [3.8, 4) is 28.5 Å². The number of nitrogens with one attached hydrogen (secondary N) is 2. The maximum atomic E-state index is 14.3. The Kier molecular flexibility index (Phi) is 9.36. The van der Waals surface area contributed by atoms with Crippen molar-refractivity contribution < 1.29 is 28.5 Å². The summed E-state index contributed by atoms with van der Waals surface area (Å²) in [6.45, 7) is 2.98. The highest BCUT2D eigenvalue weighted by atomic mass is 32.1. The fourth-order valence-electron chi connectivity index (χ4n) is 7.88. The van der Waals surface area contributed by atoms with Gasteiger partial charge in [0.1, 0.15) is 23.9 Å². The number of carbonyl (C=O) groups excluding carboxylic acids is 2. The van der Waals surface area contributed by atoms with Gasteiger partial charge < -0.3 is 33.8 Å². The molecule has 1 atom stereocenters. The molecule has 2 aliphatic rings. The second kappa shape index (κ2) is 14.4. The Balaban J connectivity index is 1.14. The zero-order valence-electron chi connectivity index (χ0n) is 29.6. The summed E-state index contributed by atoms with van der Waals surface area (Å²) in [5.41, 5.74) is 8.00. The highest BCUT2D eigenvalue weighted by Crippen LogP contribution is 2.48. The fraction of sp³-hybridized carbons (Fsp3) is 0.341. The molecule has 0 spiro atoms. The zero-order valence-corrected chi connectivity index (χ0v) is 30.4. The second-order valence-electron chi connectivity index (χ2n) is 13.6. The van der Waals surface area contributed by atoms with E-state index in [4.69, 9.17) is 23.9 Å². The van der Waals surface area contributed by atoms with Crippen molar-refractivity contribution >= 4 is 45.0 Å². The molecule has 0 saturated heterocycles. The van der Waals surface area contributed by atoms with Crippen LogP contribution in [0.15, 0.2) is 66.2 Å². The molecular weight excluding hydrogens is 677 g/mol. The molecule has 1 aliphatic heterocycles. The minimum absolute atomic E-state index is 0.163. The van der Waals surface area contributed by atoms with Gasteiger partial charge in [0.25, 0.3) is 5.91 Å². The molecule has 3 aromatic heterocycles. The third kappa shape index (κ3) is 6.49. The minimum atomic E-state index is -0.450. The molecule has 8 rings (SSSR count). The number of aromatic nitrogens is 3. The lowest BCUT2D eigenvalue weighted by Gasteiger charge is -2.23. The Bertz CT molecular complexity index is 2280. The first-order valence-corrected chi connectivity index (χ1v) is 18.8. The first-order valence-electron chi connectivity index (χ1n) is 17.9. The van der Waals surface area contributed by atoms with E-state index in [2.05, 4.69) is 33.1 Å². The molecule has 1 amide bonds. The third-order valence-corrected chi connectivity index (χ3v) is 11.2. The normalized spacial score (nSPS) is 15.0. The van der Waals surface area contributed by atoms with Crippen LogP contribution in [0.25, 0.3) is 33.1 Å². The van der Waals surface area contributed by atoms with Gasteiger partial charge >= 0.3 is 5.97 Å². The van der Waals surface area contributed by atoms with Gasteiger partial charge in [0.15, 0.2) is 6.61 Å². The van der Waals surface area contributed by atoms with E-state index in [1.807, 2.05) is 54.9 Å². The summed E-state index contributed by atoms with van der Waals surface area (Å²) in [7, 11) is 3.01. The van der Waals surface area contributed by atoms with E-state index in [1.54, 1.807) is 18.4 Å². The first kappa shape index (κ1) is 33.8. The SMILES string of the molecule is COC(=O)COc1ccc2[nH]cc(C[C@H](NC(=O)c3ccc4c(C5CCCCC5)c5n(c4c3)CCOc3cc(OC)ccc3-5)c3csc(C)n3)c2c1. The van der Waals surface area contributed by atoms with Crippen molar-refractivity contribution in [1.29, 1.82) is 0 Å². The topological polar surface area (TPSA) is 117 Å². The summed E-state index contributed by atoms with van der Waals surface area (Å²) >= 11 is 1.56. The average Bonchev–Trinajstić information content (AvgIpc) is 3.84. The molecular formula is C41H42N4O6S. The highest BCUT2D eigenvalue weighted by Gasteiger charge is 2.30. The van der Waals surface area contributed by atoms with E-state index in [9.17, 15) is 9.59 Å². The molecule has 268 valence electrons. The van der Waals surface area contributed by atoms with E-state index in [-0.39, 0.29) is 18.6 Å². The summed E-state index contributed by atoms with van der Waals surface area (Å²) in [4.78, 5) is 34.1. The minimum Gasteiger partial charge on any atom is -0.497 e. The van der Waals surface area contributed by atoms with Crippen molar-refractivity contribution in [3.63, 3.8) is 0 Å². The quantitative estimate of drug-likeness (QED) is 0.137. The number of aryl methyl sites for hydroxylation is 1. The molecule has 1 fully saturated rings. The molecule has 4 heterocycles. The molecule has 3 aromatic carbocycles. The number of methoxy groups -OCH3 is 2. The van der Waals surface area contributed by atoms with Gasteiger partial charge in [-0.25, -0.2) is 9.78 Å². The number of amides is 1. The van der Waals surface area contributed by atoms with Crippen LogP contribution in [0.2, 0.25) is 0 Å². The summed E-state index contributed by atoms with van der Waals surface area (Å²) in [6, 6.07) is 17.5. The van der Waals surface area contributed by atoms with Gasteiger partial charge in [-0.3, -0.25) is 4.79 Å². The lowest BCUT2D eigenvalue weighted by atomic mass is 9.81. The van der Waals surface area contributed by atoms with Crippen LogP contribution in [0.5, 0.6) is 17.2 Å². The Morgan fingerprint density at radius 2 is 1.88 bits per heavy atom. The summed E-state index contributed by atoms with van der Waals surface area (Å²) < 4.78 is 24.6. The lowest BCUT2D eigenvalue weighted by Crippen LogP contribution is -2.30. The molecule has 11 heteroatoms. The van der Waals surface area contributed by atoms with E-state index < -0.39 is 5.97 Å². The fourth-order valence-corrected chi connectivity index (χ4v) is 8.55. The number of hydrogen-bond acceptors (Lipinski definition) is 8. The summed E-state index contributed by atoms with van der Waals surface area (Å²) in [5, 5.41) is 8.43. The van der Waals surface area contributed by atoms with Crippen LogP contribution in [-0.4, -0.2) is 53.8 Å². The van der Waals surface area contributed by atoms with Crippen molar-refractivity contribution in [2.45, 2.75) is 64.0 Å². The maximum absolute atomic E-state index is 14.3. The summed E-state index contributed by atoms with van der Waals surface area (Å²) in [6.07, 6.45) is 8.48. The number of esters is 1. The van der Waals surface area contributed by atoms with Gasteiger partial charge in [0.2, 0.25) is 0 Å². The maximum Gasteiger partial charge on any atom is 0.343 e. The number of nitrogens with zero attached hydrogens (tertiary/aromatic N) is 2. The van der Waals surface area contributed by atoms with E-state index in [0.717, 1.165) is 62.6 Å². The van der Waals surface area contributed by atoms with Gasteiger partial charge in [-0.05, 0) is 79.3 Å².